The van der Waals surface area contributed by atoms with E-state index in [1.54, 1.807) is 0 Å². The van der Waals surface area contributed by atoms with Crippen molar-refractivity contribution in [2.45, 2.75) is 0 Å². The van der Waals surface area contributed by atoms with Gasteiger partial charge >= 0.3 is 0 Å². The van der Waals surface area contributed by atoms with E-state index in [4.69, 9.17) is 15.3 Å². The summed E-state index contributed by atoms with van der Waals surface area (Å²) in [5.74, 6) is 1.07. The van der Waals surface area contributed by atoms with Crippen molar-refractivity contribution in [3.63, 3.8) is 0 Å². The van der Waals surface area contributed by atoms with Crippen LogP contribution in [0.5, 0.6) is 0 Å². The van der Waals surface area contributed by atoms with Crippen LogP contribution >= 0.6 is 7.26 Å². The SMILES string of the molecule is OC[P+](CO)(CO)C[C]1[CH][CH][CH][CH]1. The fourth-order valence-corrected chi connectivity index (χ4v) is 2.74. The fourth-order valence-electron chi connectivity index (χ4n) is 1.19. The van der Waals surface area contributed by atoms with Crippen molar-refractivity contribution < 1.29 is 15.3 Å². The van der Waals surface area contributed by atoms with Crippen LogP contribution in [0.2, 0.25) is 0 Å². The highest BCUT2D eigenvalue weighted by Crippen LogP contribution is 2.58. The summed E-state index contributed by atoms with van der Waals surface area (Å²) in [6.45, 7) is 0. The van der Waals surface area contributed by atoms with Gasteiger partial charge in [0.05, 0.1) is 13.4 Å². The first-order chi connectivity index (χ1) is 6.26. The number of hydrogen-bond donors (Lipinski definition) is 3. The molecule has 0 unspecified atom stereocenters. The molecule has 1 saturated carbocycles. The van der Waals surface area contributed by atoms with Gasteiger partial charge in [0.2, 0.25) is 0 Å². The number of aliphatic hydroxyl groups is 3. The first-order valence-electron chi connectivity index (χ1n) is 4.14. The Bertz CT molecular complexity index is 134. The molecular formula is C9H15O3P+. The average molecular weight is 202 g/mol. The summed E-state index contributed by atoms with van der Waals surface area (Å²) in [6.07, 6.45) is 8.04. The maximum atomic E-state index is 9.10. The molecule has 3 N–H and O–H groups in total. The molecule has 0 spiro atoms. The zero-order chi connectivity index (χ0) is 9.73. The molecular weight excluding hydrogens is 187 g/mol. The van der Waals surface area contributed by atoms with E-state index in [9.17, 15) is 0 Å². The maximum absolute atomic E-state index is 9.10. The van der Waals surface area contributed by atoms with Crippen molar-refractivity contribution in [3.05, 3.63) is 31.6 Å². The number of hydrogen-bond acceptors (Lipinski definition) is 3. The van der Waals surface area contributed by atoms with Gasteiger partial charge < -0.3 is 15.3 Å². The molecule has 1 aliphatic carbocycles. The van der Waals surface area contributed by atoms with Crippen molar-refractivity contribution in [1.82, 2.24) is 0 Å². The highest BCUT2D eigenvalue weighted by molar-refractivity contribution is 7.75. The normalized spacial score (nSPS) is 19.6. The van der Waals surface area contributed by atoms with Gasteiger partial charge in [-0.05, 0) is 25.7 Å². The molecule has 4 heteroatoms. The minimum Gasteiger partial charge on any atom is -0.362 e. The van der Waals surface area contributed by atoms with Crippen molar-refractivity contribution in [3.8, 4) is 0 Å². The summed E-state index contributed by atoms with van der Waals surface area (Å²) in [4.78, 5) is 0. The quantitative estimate of drug-likeness (QED) is 0.560. The molecule has 73 valence electrons. The van der Waals surface area contributed by atoms with Crippen molar-refractivity contribution >= 4 is 7.26 Å². The first kappa shape index (κ1) is 11.4. The minimum absolute atomic E-state index is 0.0921. The molecule has 1 fully saturated rings. The molecule has 0 aromatic rings. The molecule has 0 atom stereocenters. The standard InChI is InChI=1S/C9H15O3P/c10-6-13(7-11,8-12)5-9-3-1-2-4-9/h1-4,10-12H,5-8H2/q+1. The van der Waals surface area contributed by atoms with Gasteiger partial charge in [-0.15, -0.1) is 0 Å². The molecule has 0 bridgehead atoms. The van der Waals surface area contributed by atoms with Gasteiger partial charge in [-0.25, -0.2) is 0 Å². The second kappa shape index (κ2) is 5.26. The molecule has 1 aliphatic rings. The molecule has 0 saturated heterocycles. The summed E-state index contributed by atoms with van der Waals surface area (Å²) in [7, 11) is -1.96. The zero-order valence-corrected chi connectivity index (χ0v) is 8.32. The van der Waals surface area contributed by atoms with E-state index in [0.717, 1.165) is 5.92 Å². The monoisotopic (exact) mass is 202 g/mol. The summed E-state index contributed by atoms with van der Waals surface area (Å²) in [5, 5.41) is 27.3. The Balaban J connectivity index is 2.44. The van der Waals surface area contributed by atoms with Crippen LogP contribution in [0, 0.1) is 31.6 Å². The lowest BCUT2D eigenvalue weighted by molar-refractivity contribution is 0.312. The Hall–Kier alpha value is 0.310. The molecule has 3 nitrogen and oxygen atoms in total. The second-order valence-corrected chi connectivity index (χ2v) is 7.07. The van der Waals surface area contributed by atoms with Gasteiger partial charge in [0.1, 0.15) is 0 Å². The minimum atomic E-state index is -1.96. The predicted octanol–water partition coefficient (Wildman–Crippen LogP) is 0.259. The molecule has 13 heavy (non-hydrogen) atoms. The Morgan fingerprint density at radius 1 is 0.923 bits per heavy atom. The lowest BCUT2D eigenvalue weighted by Gasteiger charge is -2.22. The Kier molecular flexibility index (Phi) is 4.60. The first-order valence-corrected chi connectivity index (χ1v) is 6.67. The van der Waals surface area contributed by atoms with E-state index in [1.165, 1.54) is 0 Å². The molecule has 0 amide bonds. The fraction of sp³-hybridized carbons (Fsp3) is 0.444. The number of aliphatic hydroxyl groups excluding tert-OH is 3. The topological polar surface area (TPSA) is 60.7 Å². The van der Waals surface area contributed by atoms with Crippen LogP contribution in [-0.2, 0) is 0 Å². The van der Waals surface area contributed by atoms with Crippen LogP contribution in [0.4, 0.5) is 0 Å². The lowest BCUT2D eigenvalue weighted by Crippen LogP contribution is -2.15. The van der Waals surface area contributed by atoms with E-state index >= 15 is 0 Å². The van der Waals surface area contributed by atoms with Gasteiger partial charge in [-0.3, -0.25) is 0 Å². The van der Waals surface area contributed by atoms with Crippen molar-refractivity contribution in [1.29, 1.82) is 0 Å². The summed E-state index contributed by atoms with van der Waals surface area (Å²) in [5.41, 5.74) is 0. The van der Waals surface area contributed by atoms with Gasteiger partial charge in [0.25, 0.3) is 0 Å². The maximum Gasteiger partial charge on any atom is 0.158 e. The molecule has 0 heterocycles. The molecule has 5 radical (unpaired) electrons. The highest BCUT2D eigenvalue weighted by Gasteiger charge is 2.39. The Morgan fingerprint density at radius 2 is 1.38 bits per heavy atom. The van der Waals surface area contributed by atoms with Crippen LogP contribution < -0.4 is 0 Å². The van der Waals surface area contributed by atoms with Crippen molar-refractivity contribution in [2.75, 3.05) is 25.2 Å². The summed E-state index contributed by atoms with van der Waals surface area (Å²) < 4.78 is 0. The van der Waals surface area contributed by atoms with Gasteiger partial charge in [0.15, 0.2) is 19.0 Å². The van der Waals surface area contributed by atoms with E-state index < -0.39 is 7.26 Å². The van der Waals surface area contributed by atoms with Crippen LogP contribution in [0.15, 0.2) is 0 Å². The predicted molar refractivity (Wildman–Crippen MR) is 53.5 cm³/mol. The third kappa shape index (κ3) is 2.88. The van der Waals surface area contributed by atoms with E-state index in [-0.39, 0.29) is 19.0 Å². The smallest absolute Gasteiger partial charge is 0.158 e. The third-order valence-electron chi connectivity index (χ3n) is 2.15. The highest BCUT2D eigenvalue weighted by atomic mass is 31.2. The lowest BCUT2D eigenvalue weighted by atomic mass is 10.1. The van der Waals surface area contributed by atoms with E-state index in [2.05, 4.69) is 0 Å². The Labute approximate surface area is 80.1 Å². The van der Waals surface area contributed by atoms with Crippen LogP contribution in [0.25, 0.3) is 0 Å². The van der Waals surface area contributed by atoms with Crippen molar-refractivity contribution in [2.24, 2.45) is 0 Å². The van der Waals surface area contributed by atoms with Crippen LogP contribution in [0.3, 0.4) is 0 Å². The molecule has 0 aliphatic heterocycles. The van der Waals surface area contributed by atoms with Crippen LogP contribution in [-0.4, -0.2) is 40.5 Å². The molecule has 0 aromatic heterocycles. The summed E-state index contributed by atoms with van der Waals surface area (Å²) in [6, 6.07) is 0. The van der Waals surface area contributed by atoms with Gasteiger partial charge in [-0.1, -0.05) is 0 Å². The van der Waals surface area contributed by atoms with Crippen LogP contribution in [0.1, 0.15) is 0 Å². The number of rotatable bonds is 5. The Morgan fingerprint density at radius 3 is 1.77 bits per heavy atom. The summed E-state index contributed by atoms with van der Waals surface area (Å²) >= 11 is 0. The van der Waals surface area contributed by atoms with Gasteiger partial charge in [0, 0.05) is 5.92 Å². The van der Waals surface area contributed by atoms with E-state index in [0.29, 0.717) is 6.16 Å². The zero-order valence-electron chi connectivity index (χ0n) is 7.43. The largest absolute Gasteiger partial charge is 0.362 e. The van der Waals surface area contributed by atoms with Gasteiger partial charge in [-0.2, -0.15) is 0 Å². The van der Waals surface area contributed by atoms with E-state index in [1.807, 2.05) is 25.7 Å². The average Bonchev–Trinajstić information content (AvgIpc) is 2.67. The molecule has 0 aromatic carbocycles. The third-order valence-corrected chi connectivity index (χ3v) is 4.99. The molecule has 1 rings (SSSR count). The second-order valence-electron chi connectivity index (χ2n) is 3.22.